The maximum Gasteiger partial charge on any atom is 0.227 e. The van der Waals surface area contributed by atoms with E-state index in [9.17, 15) is 0 Å². The molecule has 0 amide bonds. The average Bonchev–Trinajstić information content (AvgIpc) is 3.12. The second-order valence-corrected chi connectivity index (χ2v) is 8.34. The van der Waals surface area contributed by atoms with E-state index in [-0.39, 0.29) is 0 Å². The number of pyridine rings is 2. The molecule has 4 aromatic rings. The van der Waals surface area contributed by atoms with Crippen molar-refractivity contribution >= 4 is 22.1 Å². The number of benzene rings is 1. The summed E-state index contributed by atoms with van der Waals surface area (Å²) in [6, 6.07) is 15.0. The van der Waals surface area contributed by atoms with Gasteiger partial charge < -0.3 is 4.42 Å². The summed E-state index contributed by atoms with van der Waals surface area (Å²) in [5.74, 6) is 1.05. The number of aromatic nitrogens is 2. The van der Waals surface area contributed by atoms with Gasteiger partial charge in [-0.15, -0.1) is 0 Å². The van der Waals surface area contributed by atoms with Crippen LogP contribution in [0.4, 0.5) is 0 Å². The zero-order valence-corrected chi connectivity index (χ0v) is 16.6. The monoisotopic (exact) mass is 370 g/mol. The van der Waals surface area contributed by atoms with Crippen molar-refractivity contribution in [3.63, 3.8) is 0 Å². The van der Waals surface area contributed by atoms with Crippen molar-refractivity contribution in [1.82, 2.24) is 9.97 Å². The minimum absolute atomic E-state index is 0.469. The molecule has 142 valence electrons. The van der Waals surface area contributed by atoms with Gasteiger partial charge in [0, 0.05) is 34.1 Å². The number of hydrogen-bond donors (Lipinski definition) is 0. The molecule has 0 atom stereocenters. The van der Waals surface area contributed by atoms with Crippen molar-refractivity contribution < 1.29 is 4.42 Å². The Morgan fingerprint density at radius 1 is 0.964 bits per heavy atom. The highest BCUT2D eigenvalue weighted by atomic mass is 16.3. The molecule has 0 saturated heterocycles. The fourth-order valence-electron chi connectivity index (χ4n) is 4.47. The molecule has 1 saturated carbocycles. The smallest absolute Gasteiger partial charge is 0.227 e. The van der Waals surface area contributed by atoms with Gasteiger partial charge in [0.05, 0.1) is 5.69 Å². The normalized spacial score (nSPS) is 15.7. The topological polar surface area (TPSA) is 38.9 Å². The predicted molar refractivity (Wildman–Crippen MR) is 115 cm³/mol. The van der Waals surface area contributed by atoms with E-state index in [4.69, 9.17) is 9.40 Å². The summed E-state index contributed by atoms with van der Waals surface area (Å²) in [5.41, 5.74) is 6.12. The first kappa shape index (κ1) is 17.4. The molecule has 3 heterocycles. The summed E-state index contributed by atoms with van der Waals surface area (Å²) in [4.78, 5) is 9.55. The molecule has 3 heteroatoms. The highest BCUT2D eigenvalue weighted by molar-refractivity contribution is 6.08. The molecular formula is C25H26N2O. The van der Waals surface area contributed by atoms with Crippen LogP contribution < -0.4 is 0 Å². The maximum absolute atomic E-state index is 6.32. The van der Waals surface area contributed by atoms with Crippen molar-refractivity contribution in [2.45, 2.75) is 57.8 Å². The van der Waals surface area contributed by atoms with Crippen molar-refractivity contribution in [2.75, 3.05) is 0 Å². The molecule has 0 bridgehead atoms. The Labute approximate surface area is 165 Å². The summed E-state index contributed by atoms with van der Waals surface area (Å²) in [7, 11) is 0. The number of rotatable bonds is 3. The molecule has 1 aromatic carbocycles. The largest absolute Gasteiger partial charge is 0.437 e. The average molecular weight is 370 g/mol. The van der Waals surface area contributed by atoms with Gasteiger partial charge in [-0.05, 0) is 54.7 Å². The lowest BCUT2D eigenvalue weighted by Gasteiger charge is -2.20. The van der Waals surface area contributed by atoms with Crippen LogP contribution in [0, 0.1) is 0 Å². The highest BCUT2D eigenvalue weighted by Crippen LogP contribution is 2.37. The van der Waals surface area contributed by atoms with Crippen LogP contribution in [0.1, 0.15) is 69.0 Å². The fourth-order valence-corrected chi connectivity index (χ4v) is 4.47. The zero-order chi connectivity index (χ0) is 19.1. The molecule has 0 spiro atoms. The van der Waals surface area contributed by atoms with Crippen LogP contribution in [-0.4, -0.2) is 9.97 Å². The molecule has 0 aliphatic heterocycles. The predicted octanol–water partition coefficient (Wildman–Crippen LogP) is 7.21. The first-order valence-electron chi connectivity index (χ1n) is 10.5. The lowest BCUT2D eigenvalue weighted by Crippen LogP contribution is -2.06. The van der Waals surface area contributed by atoms with Gasteiger partial charge in [-0.3, -0.25) is 4.98 Å². The van der Waals surface area contributed by atoms with E-state index in [0.29, 0.717) is 11.8 Å². The van der Waals surface area contributed by atoms with E-state index in [1.165, 1.54) is 43.4 Å². The quantitative estimate of drug-likeness (QED) is 0.382. The van der Waals surface area contributed by atoms with Crippen LogP contribution in [0.25, 0.3) is 33.3 Å². The van der Waals surface area contributed by atoms with Crippen molar-refractivity contribution in [1.29, 1.82) is 0 Å². The van der Waals surface area contributed by atoms with Gasteiger partial charge in [0.15, 0.2) is 0 Å². The molecule has 3 aromatic heterocycles. The van der Waals surface area contributed by atoms with E-state index >= 15 is 0 Å². The third-order valence-corrected chi connectivity index (χ3v) is 6.14. The van der Waals surface area contributed by atoms with Gasteiger partial charge >= 0.3 is 0 Å². The Bertz CT molecular complexity index is 1140. The van der Waals surface area contributed by atoms with E-state index in [0.717, 1.165) is 33.3 Å². The Hall–Kier alpha value is -2.68. The van der Waals surface area contributed by atoms with E-state index in [2.05, 4.69) is 61.3 Å². The Morgan fingerprint density at radius 3 is 2.64 bits per heavy atom. The van der Waals surface area contributed by atoms with Crippen LogP contribution in [0.3, 0.4) is 0 Å². The van der Waals surface area contributed by atoms with Gasteiger partial charge in [-0.1, -0.05) is 45.2 Å². The van der Waals surface area contributed by atoms with E-state index in [1.54, 1.807) is 0 Å². The van der Waals surface area contributed by atoms with E-state index < -0.39 is 0 Å². The first-order valence-corrected chi connectivity index (χ1v) is 10.5. The summed E-state index contributed by atoms with van der Waals surface area (Å²) in [5, 5.41) is 2.21. The molecule has 28 heavy (non-hydrogen) atoms. The second kappa shape index (κ2) is 7.05. The standard InChI is InChI=1S/C25H26N2O/c1-16(2)18-13-14-26-23(15-18)21-10-6-9-19-20-11-12-22(17-7-4-3-5-8-17)27-25(20)28-24(19)21/h6,9-17H,3-5,7-8H2,1-2H3. The van der Waals surface area contributed by atoms with Gasteiger partial charge in [0.25, 0.3) is 0 Å². The van der Waals surface area contributed by atoms with Gasteiger partial charge in [0.1, 0.15) is 5.58 Å². The number of furan rings is 1. The summed E-state index contributed by atoms with van der Waals surface area (Å²) in [6.07, 6.45) is 8.37. The van der Waals surface area contributed by atoms with Crippen molar-refractivity contribution in [3.8, 4) is 11.3 Å². The molecule has 0 N–H and O–H groups in total. The Balaban J connectivity index is 1.64. The summed E-state index contributed by atoms with van der Waals surface area (Å²) in [6.45, 7) is 4.41. The molecule has 3 nitrogen and oxygen atoms in total. The lowest BCUT2D eigenvalue weighted by atomic mass is 9.86. The number of para-hydroxylation sites is 1. The highest BCUT2D eigenvalue weighted by Gasteiger charge is 2.19. The molecule has 0 unspecified atom stereocenters. The molecule has 0 radical (unpaired) electrons. The van der Waals surface area contributed by atoms with Gasteiger partial charge in [0.2, 0.25) is 5.71 Å². The zero-order valence-electron chi connectivity index (χ0n) is 16.6. The first-order chi connectivity index (χ1) is 13.7. The fraction of sp³-hybridized carbons (Fsp3) is 0.360. The maximum atomic E-state index is 6.32. The number of fused-ring (bicyclic) bond motifs is 3. The Kier molecular flexibility index (Phi) is 4.38. The van der Waals surface area contributed by atoms with Gasteiger partial charge in [-0.25, -0.2) is 4.98 Å². The third-order valence-electron chi connectivity index (χ3n) is 6.14. The van der Waals surface area contributed by atoms with Crippen LogP contribution in [-0.2, 0) is 0 Å². The molecule has 1 aliphatic rings. The SMILES string of the molecule is CC(C)c1ccnc(-c2cccc3c2oc2nc(C4CCCCC4)ccc23)c1. The van der Waals surface area contributed by atoms with E-state index in [1.807, 2.05) is 6.20 Å². The minimum Gasteiger partial charge on any atom is -0.437 e. The minimum atomic E-state index is 0.469. The second-order valence-electron chi connectivity index (χ2n) is 8.34. The van der Waals surface area contributed by atoms with Crippen LogP contribution >= 0.6 is 0 Å². The van der Waals surface area contributed by atoms with Crippen LogP contribution in [0.15, 0.2) is 53.1 Å². The number of hydrogen-bond acceptors (Lipinski definition) is 3. The van der Waals surface area contributed by atoms with Crippen LogP contribution in [0.5, 0.6) is 0 Å². The van der Waals surface area contributed by atoms with Crippen molar-refractivity contribution in [3.05, 3.63) is 59.9 Å². The Morgan fingerprint density at radius 2 is 1.82 bits per heavy atom. The van der Waals surface area contributed by atoms with Gasteiger partial charge in [-0.2, -0.15) is 0 Å². The van der Waals surface area contributed by atoms with Crippen LogP contribution in [0.2, 0.25) is 0 Å². The molecule has 5 rings (SSSR count). The molecular weight excluding hydrogens is 344 g/mol. The molecule has 1 aliphatic carbocycles. The summed E-state index contributed by atoms with van der Waals surface area (Å²) >= 11 is 0. The van der Waals surface area contributed by atoms with Crippen molar-refractivity contribution in [2.24, 2.45) is 0 Å². The molecule has 1 fully saturated rings. The summed E-state index contributed by atoms with van der Waals surface area (Å²) < 4.78 is 6.32. The third kappa shape index (κ3) is 2.99. The lowest BCUT2D eigenvalue weighted by molar-refractivity contribution is 0.436. The number of nitrogens with zero attached hydrogens (tertiary/aromatic N) is 2.